The van der Waals surface area contributed by atoms with E-state index in [9.17, 15) is 19.5 Å². The van der Waals surface area contributed by atoms with Crippen LogP contribution in [-0.4, -0.2) is 72.2 Å². The fourth-order valence-corrected chi connectivity index (χ4v) is 4.54. The number of fused-ring (bicyclic) bond motifs is 1. The lowest BCUT2D eigenvalue weighted by Gasteiger charge is -2.33. The number of amides is 2. The molecule has 0 radical (unpaired) electrons. The zero-order valence-corrected chi connectivity index (χ0v) is 20.7. The van der Waals surface area contributed by atoms with Gasteiger partial charge < -0.3 is 30.4 Å². The maximum atomic E-state index is 12.7. The van der Waals surface area contributed by atoms with Crippen LogP contribution in [0.15, 0.2) is 53.5 Å². The third kappa shape index (κ3) is 6.04. The van der Waals surface area contributed by atoms with E-state index in [-0.39, 0.29) is 30.0 Å². The van der Waals surface area contributed by atoms with E-state index in [1.54, 1.807) is 49.5 Å². The predicted octanol–water partition coefficient (Wildman–Crippen LogP) is 2.18. The second-order valence-corrected chi connectivity index (χ2v) is 9.21. The summed E-state index contributed by atoms with van der Waals surface area (Å²) >= 11 is 6.03. The zero-order chi connectivity index (χ0) is 25.7. The number of likely N-dealkylation sites (tertiary alicyclic amines) is 1. The van der Waals surface area contributed by atoms with Gasteiger partial charge in [-0.1, -0.05) is 29.8 Å². The van der Waals surface area contributed by atoms with E-state index in [4.69, 9.17) is 16.3 Å². The van der Waals surface area contributed by atoms with Crippen molar-refractivity contribution in [2.75, 3.05) is 33.2 Å². The second-order valence-electron chi connectivity index (χ2n) is 8.78. The minimum Gasteiger partial charge on any atom is -0.489 e. The number of aromatic nitrogens is 1. The number of rotatable bonds is 8. The molecule has 1 aliphatic rings. The number of pyridine rings is 1. The molecule has 3 aromatic rings. The van der Waals surface area contributed by atoms with Gasteiger partial charge in [-0.05, 0) is 37.1 Å². The molecule has 0 spiro atoms. The van der Waals surface area contributed by atoms with Crippen molar-refractivity contribution >= 4 is 34.2 Å². The quantitative estimate of drug-likeness (QED) is 0.367. The number of nitrogens with zero attached hydrogens (tertiary/aromatic N) is 1. The Balaban J connectivity index is 1.26. The SMILES string of the molecule is CNC(=O)c1cc(Cl)ccc1OC1CCN(C[C@H](O)CNC(=O)c2c[nH]c(=O)c3ccccc23)CC1. The number of halogens is 1. The molecule has 1 fully saturated rings. The number of H-pyrrole nitrogens is 1. The summed E-state index contributed by atoms with van der Waals surface area (Å²) in [7, 11) is 1.56. The first-order valence-corrected chi connectivity index (χ1v) is 12.2. The van der Waals surface area contributed by atoms with Gasteiger partial charge in [-0.25, -0.2) is 0 Å². The summed E-state index contributed by atoms with van der Waals surface area (Å²) in [4.78, 5) is 41.5. The van der Waals surface area contributed by atoms with E-state index in [2.05, 4.69) is 20.5 Å². The van der Waals surface area contributed by atoms with Gasteiger partial charge in [0.1, 0.15) is 11.9 Å². The molecule has 4 rings (SSSR count). The van der Waals surface area contributed by atoms with Gasteiger partial charge in [-0.2, -0.15) is 0 Å². The lowest BCUT2D eigenvalue weighted by molar-refractivity contribution is 0.0588. The Labute approximate surface area is 213 Å². The fourth-order valence-electron chi connectivity index (χ4n) is 4.37. The van der Waals surface area contributed by atoms with Gasteiger partial charge in [0.2, 0.25) is 0 Å². The van der Waals surface area contributed by atoms with Crippen LogP contribution in [0.2, 0.25) is 5.02 Å². The molecule has 9 nitrogen and oxygen atoms in total. The average molecular weight is 513 g/mol. The lowest BCUT2D eigenvalue weighted by atomic mass is 10.1. The van der Waals surface area contributed by atoms with Gasteiger partial charge in [-0.3, -0.25) is 14.4 Å². The molecule has 0 aliphatic carbocycles. The standard InChI is InChI=1S/C26H29ClN4O5/c1-28-24(33)21-12-16(27)6-7-23(21)36-18-8-10-31(11-9-18)15-17(32)13-29-26(35)22-14-30-25(34)20-5-3-2-4-19(20)22/h2-7,12,14,17-18,32H,8-11,13,15H2,1H3,(H,28,33)(H,29,35)(H,30,34)/t17-/m1/s1. The summed E-state index contributed by atoms with van der Waals surface area (Å²) in [5, 5.41) is 17.3. The number of ether oxygens (including phenoxy) is 1. The Morgan fingerprint density at radius 3 is 2.58 bits per heavy atom. The Bertz CT molecular complexity index is 1300. The maximum absolute atomic E-state index is 12.7. The Morgan fingerprint density at radius 2 is 1.86 bits per heavy atom. The smallest absolute Gasteiger partial charge is 0.255 e. The molecule has 10 heteroatoms. The van der Waals surface area contributed by atoms with Crippen LogP contribution in [-0.2, 0) is 0 Å². The van der Waals surface area contributed by atoms with E-state index in [0.29, 0.717) is 52.3 Å². The molecule has 190 valence electrons. The van der Waals surface area contributed by atoms with Gasteiger partial charge in [-0.15, -0.1) is 0 Å². The first-order valence-electron chi connectivity index (χ1n) is 11.8. The number of carbonyl (C=O) groups excluding carboxylic acids is 2. The summed E-state index contributed by atoms with van der Waals surface area (Å²) in [5.41, 5.74) is 0.498. The number of hydrogen-bond acceptors (Lipinski definition) is 6. The molecule has 2 heterocycles. The number of β-amino-alcohol motifs (C(OH)–C–C–N with tert-alkyl or cyclic N) is 1. The monoisotopic (exact) mass is 512 g/mol. The molecule has 0 unspecified atom stereocenters. The highest BCUT2D eigenvalue weighted by atomic mass is 35.5. The van der Waals surface area contributed by atoms with Crippen LogP contribution in [0, 0.1) is 0 Å². The summed E-state index contributed by atoms with van der Waals surface area (Å²) < 4.78 is 6.10. The van der Waals surface area contributed by atoms with Crippen LogP contribution in [0.1, 0.15) is 33.6 Å². The molecular formula is C26H29ClN4O5. The topological polar surface area (TPSA) is 124 Å². The van der Waals surface area contributed by atoms with Crippen LogP contribution < -0.4 is 20.9 Å². The predicted molar refractivity (Wildman–Crippen MR) is 138 cm³/mol. The van der Waals surface area contributed by atoms with Crippen LogP contribution in [0.25, 0.3) is 10.8 Å². The number of aliphatic hydroxyl groups excluding tert-OH is 1. The van der Waals surface area contributed by atoms with Crippen molar-refractivity contribution in [3.8, 4) is 5.75 Å². The minimum absolute atomic E-state index is 0.0591. The molecule has 1 aliphatic heterocycles. The molecule has 1 atom stereocenters. The molecule has 0 saturated carbocycles. The molecule has 1 aromatic heterocycles. The number of aliphatic hydroxyl groups is 1. The van der Waals surface area contributed by atoms with E-state index < -0.39 is 6.10 Å². The average Bonchev–Trinajstić information content (AvgIpc) is 2.89. The first-order chi connectivity index (χ1) is 17.4. The number of nitrogens with one attached hydrogen (secondary N) is 3. The van der Waals surface area contributed by atoms with Crippen LogP contribution >= 0.6 is 11.6 Å². The van der Waals surface area contributed by atoms with Gasteiger partial charge in [0, 0.05) is 55.2 Å². The summed E-state index contributed by atoms with van der Waals surface area (Å²) in [6.07, 6.45) is 2.05. The van der Waals surface area contributed by atoms with E-state index in [1.165, 1.54) is 6.20 Å². The van der Waals surface area contributed by atoms with E-state index >= 15 is 0 Å². The molecular weight excluding hydrogens is 484 g/mol. The van der Waals surface area contributed by atoms with Gasteiger partial charge in [0.25, 0.3) is 17.4 Å². The number of carbonyl (C=O) groups is 2. The highest BCUT2D eigenvalue weighted by Gasteiger charge is 2.24. The van der Waals surface area contributed by atoms with Gasteiger partial charge in [0.15, 0.2) is 0 Å². The molecule has 2 amide bonds. The van der Waals surface area contributed by atoms with Crippen LogP contribution in [0.5, 0.6) is 5.75 Å². The zero-order valence-electron chi connectivity index (χ0n) is 19.9. The van der Waals surface area contributed by atoms with Crippen molar-refractivity contribution < 1.29 is 19.4 Å². The van der Waals surface area contributed by atoms with Crippen LogP contribution in [0.3, 0.4) is 0 Å². The third-order valence-corrected chi connectivity index (χ3v) is 6.50. The van der Waals surface area contributed by atoms with Gasteiger partial charge in [0.05, 0.1) is 17.2 Å². The van der Waals surface area contributed by atoms with Crippen molar-refractivity contribution in [2.45, 2.75) is 25.0 Å². The van der Waals surface area contributed by atoms with Crippen molar-refractivity contribution in [1.82, 2.24) is 20.5 Å². The van der Waals surface area contributed by atoms with Crippen molar-refractivity contribution in [2.24, 2.45) is 0 Å². The minimum atomic E-state index is -0.753. The summed E-state index contributed by atoms with van der Waals surface area (Å²) in [6, 6.07) is 11.9. The lowest BCUT2D eigenvalue weighted by Crippen LogP contribution is -2.45. The molecule has 2 aromatic carbocycles. The normalized spacial score (nSPS) is 15.4. The summed E-state index contributed by atoms with van der Waals surface area (Å²) in [5.74, 6) is -0.122. The largest absolute Gasteiger partial charge is 0.489 e. The number of piperidine rings is 1. The Morgan fingerprint density at radius 1 is 1.14 bits per heavy atom. The molecule has 0 bridgehead atoms. The fraction of sp³-hybridized carbons (Fsp3) is 0.346. The van der Waals surface area contributed by atoms with E-state index in [1.807, 2.05) is 0 Å². The highest BCUT2D eigenvalue weighted by molar-refractivity contribution is 6.31. The Hall–Kier alpha value is -3.40. The molecule has 4 N–H and O–H groups in total. The Kier molecular flexibility index (Phi) is 8.25. The molecule has 1 saturated heterocycles. The van der Waals surface area contributed by atoms with Crippen LogP contribution in [0.4, 0.5) is 0 Å². The first kappa shape index (κ1) is 25.7. The highest BCUT2D eigenvalue weighted by Crippen LogP contribution is 2.26. The number of hydrogen-bond donors (Lipinski definition) is 4. The number of benzene rings is 2. The maximum Gasteiger partial charge on any atom is 0.255 e. The van der Waals surface area contributed by atoms with Crippen molar-refractivity contribution in [3.05, 3.63) is 75.2 Å². The third-order valence-electron chi connectivity index (χ3n) is 6.26. The second kappa shape index (κ2) is 11.6. The van der Waals surface area contributed by atoms with Gasteiger partial charge >= 0.3 is 0 Å². The number of aromatic amines is 1. The summed E-state index contributed by atoms with van der Waals surface area (Å²) in [6.45, 7) is 1.92. The van der Waals surface area contributed by atoms with E-state index in [0.717, 1.165) is 12.8 Å². The van der Waals surface area contributed by atoms with Crippen molar-refractivity contribution in [1.29, 1.82) is 0 Å². The van der Waals surface area contributed by atoms with Crippen molar-refractivity contribution in [3.63, 3.8) is 0 Å². The molecule has 36 heavy (non-hydrogen) atoms.